The monoisotopic (exact) mass is 348 g/mol. The van der Waals surface area contributed by atoms with Crippen molar-refractivity contribution >= 4 is 0 Å². The first-order valence-electron chi connectivity index (χ1n) is 9.94. The number of hydrogen-bond acceptors (Lipinski definition) is 4. The van der Waals surface area contributed by atoms with Gasteiger partial charge in [0.15, 0.2) is 0 Å². The number of rotatable bonds is 11. The first kappa shape index (κ1) is 20.4. The van der Waals surface area contributed by atoms with Gasteiger partial charge in [-0.25, -0.2) is 0 Å². The number of benzene rings is 1. The molecule has 0 saturated carbocycles. The third-order valence-electron chi connectivity index (χ3n) is 5.35. The zero-order valence-electron chi connectivity index (χ0n) is 15.8. The fourth-order valence-corrected chi connectivity index (χ4v) is 3.66. The SMILES string of the molecule is CCCCCCCCc1ccc2c(c1)CCN(CC(N)(CO)CO)C2. The highest BCUT2D eigenvalue weighted by atomic mass is 16.3. The zero-order valence-corrected chi connectivity index (χ0v) is 15.8. The molecule has 1 aliphatic heterocycles. The maximum atomic E-state index is 9.39. The van der Waals surface area contributed by atoms with Crippen molar-refractivity contribution in [2.45, 2.75) is 70.4 Å². The van der Waals surface area contributed by atoms with Gasteiger partial charge in [0.05, 0.1) is 18.8 Å². The highest BCUT2D eigenvalue weighted by molar-refractivity contribution is 5.34. The molecule has 0 aromatic heterocycles. The van der Waals surface area contributed by atoms with Gasteiger partial charge in [0.1, 0.15) is 0 Å². The number of nitrogens with zero attached hydrogens (tertiary/aromatic N) is 1. The molecule has 4 N–H and O–H groups in total. The van der Waals surface area contributed by atoms with Crippen LogP contribution in [0.4, 0.5) is 0 Å². The third-order valence-corrected chi connectivity index (χ3v) is 5.35. The van der Waals surface area contributed by atoms with Crippen LogP contribution in [0.2, 0.25) is 0 Å². The molecule has 25 heavy (non-hydrogen) atoms. The molecule has 0 spiro atoms. The van der Waals surface area contributed by atoms with E-state index in [1.165, 1.54) is 61.6 Å². The summed E-state index contributed by atoms with van der Waals surface area (Å²) in [6.07, 6.45) is 10.3. The van der Waals surface area contributed by atoms with Crippen LogP contribution in [0.3, 0.4) is 0 Å². The van der Waals surface area contributed by atoms with Crippen LogP contribution < -0.4 is 5.73 Å². The van der Waals surface area contributed by atoms with E-state index < -0.39 is 5.54 Å². The second kappa shape index (κ2) is 10.3. The minimum Gasteiger partial charge on any atom is -0.394 e. The molecular formula is C21H36N2O2. The van der Waals surface area contributed by atoms with E-state index in [0.717, 1.165) is 19.5 Å². The minimum atomic E-state index is -0.908. The van der Waals surface area contributed by atoms with Crippen molar-refractivity contribution in [2.75, 3.05) is 26.3 Å². The summed E-state index contributed by atoms with van der Waals surface area (Å²) in [7, 11) is 0. The molecule has 0 unspecified atom stereocenters. The molecule has 0 aliphatic carbocycles. The Morgan fingerprint density at radius 2 is 1.76 bits per heavy atom. The standard InChI is InChI=1S/C21H36N2O2/c1-2-3-4-5-6-7-8-18-9-10-20-14-23(12-11-19(20)13-18)15-21(22,16-24)17-25/h9-10,13,24-25H,2-8,11-12,14-17,22H2,1H3. The molecule has 1 heterocycles. The predicted molar refractivity (Wildman–Crippen MR) is 104 cm³/mol. The molecule has 1 aliphatic rings. The maximum Gasteiger partial charge on any atom is 0.0751 e. The summed E-state index contributed by atoms with van der Waals surface area (Å²) in [6, 6.07) is 6.90. The normalized spacial score (nSPS) is 15.4. The Morgan fingerprint density at radius 1 is 1.04 bits per heavy atom. The number of nitrogens with two attached hydrogens (primary N) is 1. The Kier molecular flexibility index (Phi) is 8.37. The van der Waals surface area contributed by atoms with E-state index >= 15 is 0 Å². The molecule has 0 amide bonds. The smallest absolute Gasteiger partial charge is 0.0751 e. The van der Waals surface area contributed by atoms with E-state index in [-0.39, 0.29) is 13.2 Å². The summed E-state index contributed by atoms with van der Waals surface area (Å²) in [4.78, 5) is 2.24. The Labute approximate surface area is 153 Å². The number of aliphatic hydroxyl groups is 2. The van der Waals surface area contributed by atoms with Gasteiger partial charge in [0, 0.05) is 19.6 Å². The number of hydrogen-bond donors (Lipinski definition) is 3. The number of aryl methyl sites for hydroxylation is 1. The Morgan fingerprint density at radius 3 is 2.48 bits per heavy atom. The number of fused-ring (bicyclic) bond motifs is 1. The van der Waals surface area contributed by atoms with Gasteiger partial charge in [-0.2, -0.15) is 0 Å². The highest BCUT2D eigenvalue weighted by Gasteiger charge is 2.28. The fourth-order valence-electron chi connectivity index (χ4n) is 3.66. The lowest BCUT2D eigenvalue weighted by Crippen LogP contribution is -2.56. The molecule has 0 fully saturated rings. The lowest BCUT2D eigenvalue weighted by atomic mass is 9.93. The van der Waals surface area contributed by atoms with E-state index in [0.29, 0.717) is 6.54 Å². The maximum absolute atomic E-state index is 9.39. The van der Waals surface area contributed by atoms with Crippen LogP contribution >= 0.6 is 0 Å². The highest BCUT2D eigenvalue weighted by Crippen LogP contribution is 2.22. The van der Waals surface area contributed by atoms with Crippen molar-refractivity contribution in [1.29, 1.82) is 0 Å². The predicted octanol–water partition coefficient (Wildman–Crippen LogP) is 2.63. The van der Waals surface area contributed by atoms with Crippen LogP contribution in [0.25, 0.3) is 0 Å². The quantitative estimate of drug-likeness (QED) is 0.538. The van der Waals surface area contributed by atoms with Gasteiger partial charge < -0.3 is 15.9 Å². The molecule has 0 atom stereocenters. The second-order valence-electron chi connectivity index (χ2n) is 7.76. The topological polar surface area (TPSA) is 69.7 Å². The summed E-state index contributed by atoms with van der Waals surface area (Å²) in [5, 5.41) is 18.8. The summed E-state index contributed by atoms with van der Waals surface area (Å²) >= 11 is 0. The first-order valence-corrected chi connectivity index (χ1v) is 9.94. The van der Waals surface area contributed by atoms with Crippen molar-refractivity contribution in [3.63, 3.8) is 0 Å². The summed E-state index contributed by atoms with van der Waals surface area (Å²) in [5.74, 6) is 0. The lowest BCUT2D eigenvalue weighted by molar-refractivity contribution is 0.0786. The van der Waals surface area contributed by atoms with E-state index in [9.17, 15) is 10.2 Å². The van der Waals surface area contributed by atoms with Crippen LogP contribution in [-0.4, -0.2) is 47.0 Å². The van der Waals surface area contributed by atoms with Gasteiger partial charge in [0.2, 0.25) is 0 Å². The first-order chi connectivity index (χ1) is 12.1. The van der Waals surface area contributed by atoms with Crippen molar-refractivity contribution in [3.05, 3.63) is 34.9 Å². The summed E-state index contributed by atoms with van der Waals surface area (Å²) in [6.45, 7) is 4.19. The molecule has 0 saturated heterocycles. The van der Waals surface area contributed by atoms with Crippen molar-refractivity contribution in [3.8, 4) is 0 Å². The van der Waals surface area contributed by atoms with Gasteiger partial charge in [-0.3, -0.25) is 4.90 Å². The Balaban J connectivity index is 1.82. The van der Waals surface area contributed by atoms with Crippen LogP contribution in [0.15, 0.2) is 18.2 Å². The van der Waals surface area contributed by atoms with Gasteiger partial charge in [-0.1, -0.05) is 57.2 Å². The van der Waals surface area contributed by atoms with E-state index in [1.54, 1.807) is 0 Å². The molecule has 4 heteroatoms. The van der Waals surface area contributed by atoms with Crippen molar-refractivity contribution in [2.24, 2.45) is 5.73 Å². The minimum absolute atomic E-state index is 0.190. The van der Waals surface area contributed by atoms with Gasteiger partial charge in [-0.15, -0.1) is 0 Å². The van der Waals surface area contributed by atoms with Gasteiger partial charge >= 0.3 is 0 Å². The molecule has 142 valence electrons. The van der Waals surface area contributed by atoms with E-state index in [1.807, 2.05) is 0 Å². The molecular weight excluding hydrogens is 312 g/mol. The van der Waals surface area contributed by atoms with Crippen LogP contribution in [-0.2, 0) is 19.4 Å². The van der Waals surface area contributed by atoms with Crippen LogP contribution in [0, 0.1) is 0 Å². The third kappa shape index (κ3) is 6.37. The molecule has 2 rings (SSSR count). The lowest BCUT2D eigenvalue weighted by Gasteiger charge is -2.35. The number of aliphatic hydroxyl groups excluding tert-OH is 2. The molecule has 0 radical (unpaired) electrons. The Hall–Kier alpha value is -0.940. The van der Waals surface area contributed by atoms with E-state index in [2.05, 4.69) is 30.0 Å². The van der Waals surface area contributed by atoms with Crippen molar-refractivity contribution in [1.82, 2.24) is 4.90 Å². The molecule has 4 nitrogen and oxygen atoms in total. The largest absolute Gasteiger partial charge is 0.394 e. The summed E-state index contributed by atoms with van der Waals surface area (Å²) < 4.78 is 0. The second-order valence-corrected chi connectivity index (χ2v) is 7.76. The molecule has 0 bridgehead atoms. The van der Waals surface area contributed by atoms with Gasteiger partial charge in [0.25, 0.3) is 0 Å². The molecule has 1 aromatic rings. The molecule has 1 aromatic carbocycles. The zero-order chi connectivity index (χ0) is 18.1. The summed E-state index contributed by atoms with van der Waals surface area (Å²) in [5.41, 5.74) is 9.39. The van der Waals surface area contributed by atoms with Gasteiger partial charge in [-0.05, 0) is 36.0 Å². The fraction of sp³-hybridized carbons (Fsp3) is 0.714. The van der Waals surface area contributed by atoms with Crippen LogP contribution in [0.5, 0.6) is 0 Å². The average Bonchev–Trinajstić information content (AvgIpc) is 2.64. The van der Waals surface area contributed by atoms with Crippen molar-refractivity contribution < 1.29 is 10.2 Å². The number of unbranched alkanes of at least 4 members (excludes halogenated alkanes) is 5. The Bertz CT molecular complexity index is 515. The average molecular weight is 349 g/mol. The van der Waals surface area contributed by atoms with Crippen LogP contribution in [0.1, 0.15) is 62.1 Å². The van der Waals surface area contributed by atoms with E-state index in [4.69, 9.17) is 5.73 Å².